The molecule has 3 aromatic carbocycles. The number of rotatable bonds is 3. The van der Waals surface area contributed by atoms with Crippen LogP contribution >= 0.6 is 11.8 Å². The van der Waals surface area contributed by atoms with Crippen molar-refractivity contribution in [1.29, 1.82) is 0 Å². The Morgan fingerprint density at radius 1 is 0.941 bits per heavy atom. The van der Waals surface area contributed by atoms with Gasteiger partial charge >= 0.3 is 0 Å². The molecule has 0 fully saturated rings. The van der Waals surface area contributed by atoms with Gasteiger partial charge in [-0.1, -0.05) is 48.0 Å². The number of hydrogen-bond donors (Lipinski definition) is 3. The number of carbonyl (C=O) groups excluding carboxylic acids is 3. The van der Waals surface area contributed by atoms with Crippen LogP contribution in [0, 0.1) is 6.92 Å². The molecule has 1 aliphatic rings. The smallest absolute Gasteiger partial charge is 0.270 e. The van der Waals surface area contributed by atoms with Crippen molar-refractivity contribution in [3.05, 3.63) is 89.5 Å². The molecule has 0 saturated carbocycles. The van der Waals surface area contributed by atoms with Gasteiger partial charge in [0.05, 0.1) is 28.2 Å². The lowest BCUT2D eigenvalue weighted by Crippen LogP contribution is -2.41. The number of thioether (sulfide) groups is 1. The maximum Gasteiger partial charge on any atom is 0.270 e. The first-order valence-electron chi connectivity index (χ1n) is 10.6. The number of carbonyl (C=O) groups is 3. The topological polar surface area (TPSA) is 100 Å². The first-order valence-corrected chi connectivity index (χ1v) is 11.6. The quantitative estimate of drug-likeness (QED) is 0.389. The van der Waals surface area contributed by atoms with E-state index < -0.39 is 11.8 Å². The van der Waals surface area contributed by atoms with E-state index in [4.69, 9.17) is 4.98 Å². The van der Waals surface area contributed by atoms with Crippen molar-refractivity contribution in [2.45, 2.75) is 11.8 Å². The molecule has 7 nitrogen and oxygen atoms in total. The Morgan fingerprint density at radius 2 is 1.71 bits per heavy atom. The van der Waals surface area contributed by atoms with Gasteiger partial charge in [0.2, 0.25) is 5.91 Å². The second-order valence-corrected chi connectivity index (χ2v) is 8.91. The minimum absolute atomic E-state index is 0.114. The van der Waals surface area contributed by atoms with E-state index >= 15 is 0 Å². The molecule has 1 aromatic heterocycles. The molecule has 1 aliphatic heterocycles. The molecule has 5 rings (SSSR count). The molecule has 8 heteroatoms. The number of hydrogen-bond acceptors (Lipinski definition) is 5. The molecule has 0 unspecified atom stereocenters. The van der Waals surface area contributed by atoms with Gasteiger partial charge in [0.15, 0.2) is 0 Å². The lowest BCUT2D eigenvalue weighted by molar-refractivity contribution is -0.113. The van der Waals surface area contributed by atoms with Crippen LogP contribution in [0.25, 0.3) is 22.2 Å². The van der Waals surface area contributed by atoms with Gasteiger partial charge in [0, 0.05) is 21.4 Å². The molecule has 0 radical (unpaired) electrons. The van der Waals surface area contributed by atoms with Gasteiger partial charge in [-0.25, -0.2) is 4.98 Å². The van der Waals surface area contributed by atoms with Crippen molar-refractivity contribution < 1.29 is 14.4 Å². The van der Waals surface area contributed by atoms with Gasteiger partial charge in [-0.2, -0.15) is 0 Å². The normalized spacial score (nSPS) is 12.6. The first-order chi connectivity index (χ1) is 16.5. The Morgan fingerprint density at radius 3 is 2.53 bits per heavy atom. The summed E-state index contributed by atoms with van der Waals surface area (Å²) < 4.78 is 0. The molecular formula is C26H20N4O3S. The minimum Gasteiger partial charge on any atom is -0.324 e. The molecule has 3 N–H and O–H groups in total. The van der Waals surface area contributed by atoms with Crippen LogP contribution in [0.4, 0.5) is 5.69 Å². The molecule has 34 heavy (non-hydrogen) atoms. The number of amides is 3. The number of nitrogens with one attached hydrogen (secondary N) is 3. The largest absolute Gasteiger partial charge is 0.324 e. The molecule has 0 bridgehead atoms. The monoisotopic (exact) mass is 468 g/mol. The fourth-order valence-electron chi connectivity index (χ4n) is 3.71. The third-order valence-corrected chi connectivity index (χ3v) is 6.55. The van der Waals surface area contributed by atoms with Crippen LogP contribution < -0.4 is 16.2 Å². The number of nitrogens with zero attached hydrogens (tertiary/aromatic N) is 1. The Hall–Kier alpha value is -4.17. The van der Waals surface area contributed by atoms with Crippen molar-refractivity contribution in [3.8, 4) is 11.3 Å². The Kier molecular flexibility index (Phi) is 5.73. The molecule has 3 amide bonds. The van der Waals surface area contributed by atoms with Crippen LogP contribution in [-0.4, -0.2) is 28.5 Å². The van der Waals surface area contributed by atoms with Gasteiger partial charge in [-0.15, -0.1) is 11.8 Å². The number of hydrazine groups is 1. The first kappa shape index (κ1) is 21.7. The number of aromatic nitrogens is 1. The van der Waals surface area contributed by atoms with E-state index in [9.17, 15) is 14.4 Å². The predicted molar refractivity (Wildman–Crippen MR) is 133 cm³/mol. The Bertz CT molecular complexity index is 1450. The van der Waals surface area contributed by atoms with E-state index in [1.165, 1.54) is 11.8 Å². The number of para-hydroxylation sites is 1. The van der Waals surface area contributed by atoms with Crippen LogP contribution in [0.15, 0.2) is 77.7 Å². The maximum atomic E-state index is 13.1. The summed E-state index contributed by atoms with van der Waals surface area (Å²) in [6.45, 7) is 2.01. The summed E-state index contributed by atoms with van der Waals surface area (Å²) in [7, 11) is 0. The average molecular weight is 469 g/mol. The lowest BCUT2D eigenvalue weighted by atomic mass is 10.0. The molecule has 0 saturated heterocycles. The van der Waals surface area contributed by atoms with Gasteiger partial charge in [-0.3, -0.25) is 25.2 Å². The van der Waals surface area contributed by atoms with E-state index in [1.54, 1.807) is 24.3 Å². The fourth-order valence-corrected chi connectivity index (χ4v) is 4.50. The molecule has 0 atom stereocenters. The zero-order valence-corrected chi connectivity index (χ0v) is 19.0. The standard InChI is InChI=1S/C26H20N4O3S/c1-15-6-8-16(9-7-15)21-13-19(18-4-2-3-5-20(18)27-21)26(33)30-29-25(32)17-10-11-23-22(12-17)28-24(31)14-34-23/h2-13H,14H2,1H3,(H,28,31)(H,29,32)(H,30,33). The summed E-state index contributed by atoms with van der Waals surface area (Å²) in [5, 5.41) is 3.44. The van der Waals surface area contributed by atoms with E-state index in [0.717, 1.165) is 16.0 Å². The van der Waals surface area contributed by atoms with E-state index in [0.29, 0.717) is 39.2 Å². The predicted octanol–water partition coefficient (Wildman–Crippen LogP) is 4.33. The zero-order chi connectivity index (χ0) is 23.7. The molecule has 4 aromatic rings. The highest BCUT2D eigenvalue weighted by atomic mass is 32.2. The summed E-state index contributed by atoms with van der Waals surface area (Å²) in [6, 6.07) is 22.0. The summed E-state index contributed by atoms with van der Waals surface area (Å²) in [6.07, 6.45) is 0. The number of fused-ring (bicyclic) bond motifs is 2. The van der Waals surface area contributed by atoms with Crippen LogP contribution in [-0.2, 0) is 4.79 Å². The van der Waals surface area contributed by atoms with E-state index in [1.807, 2.05) is 55.5 Å². The van der Waals surface area contributed by atoms with Crippen molar-refractivity contribution in [2.24, 2.45) is 0 Å². The number of anilines is 1. The Labute approximate surface area is 199 Å². The molecule has 2 heterocycles. The highest BCUT2D eigenvalue weighted by molar-refractivity contribution is 8.00. The lowest BCUT2D eigenvalue weighted by Gasteiger charge is -2.17. The number of benzene rings is 3. The summed E-state index contributed by atoms with van der Waals surface area (Å²) >= 11 is 1.41. The fraction of sp³-hybridized carbons (Fsp3) is 0.0769. The molecule has 168 valence electrons. The van der Waals surface area contributed by atoms with Gasteiger partial charge in [-0.05, 0) is 37.3 Å². The number of aryl methyl sites for hydroxylation is 1. The summed E-state index contributed by atoms with van der Waals surface area (Å²) in [5.74, 6) is -0.712. The van der Waals surface area contributed by atoms with Gasteiger partial charge < -0.3 is 5.32 Å². The number of pyridine rings is 1. The van der Waals surface area contributed by atoms with Crippen LogP contribution in [0.3, 0.4) is 0 Å². The highest BCUT2D eigenvalue weighted by Gasteiger charge is 2.19. The summed E-state index contributed by atoms with van der Waals surface area (Å²) in [5.41, 5.74) is 9.65. The summed E-state index contributed by atoms with van der Waals surface area (Å²) in [4.78, 5) is 43.0. The van der Waals surface area contributed by atoms with Crippen LogP contribution in [0.5, 0.6) is 0 Å². The zero-order valence-electron chi connectivity index (χ0n) is 18.2. The molecule has 0 aliphatic carbocycles. The molecule has 0 spiro atoms. The van der Waals surface area contributed by atoms with Crippen LogP contribution in [0.2, 0.25) is 0 Å². The van der Waals surface area contributed by atoms with Crippen LogP contribution in [0.1, 0.15) is 26.3 Å². The van der Waals surface area contributed by atoms with Gasteiger partial charge in [0.1, 0.15) is 0 Å². The van der Waals surface area contributed by atoms with Crippen molar-refractivity contribution >= 4 is 46.1 Å². The maximum absolute atomic E-state index is 13.1. The minimum atomic E-state index is -0.488. The average Bonchev–Trinajstić information content (AvgIpc) is 2.86. The third kappa shape index (κ3) is 4.35. The third-order valence-electron chi connectivity index (χ3n) is 5.47. The second kappa shape index (κ2) is 8.99. The molecular weight excluding hydrogens is 448 g/mol. The van der Waals surface area contributed by atoms with Crippen molar-refractivity contribution in [1.82, 2.24) is 15.8 Å². The van der Waals surface area contributed by atoms with E-state index in [2.05, 4.69) is 16.2 Å². The second-order valence-electron chi connectivity index (χ2n) is 7.89. The van der Waals surface area contributed by atoms with Crippen molar-refractivity contribution in [3.63, 3.8) is 0 Å². The van der Waals surface area contributed by atoms with E-state index in [-0.39, 0.29) is 5.91 Å². The van der Waals surface area contributed by atoms with Crippen molar-refractivity contribution in [2.75, 3.05) is 11.1 Å². The Balaban J connectivity index is 1.39. The highest BCUT2D eigenvalue weighted by Crippen LogP contribution is 2.32. The van der Waals surface area contributed by atoms with Gasteiger partial charge in [0.25, 0.3) is 11.8 Å². The SMILES string of the molecule is Cc1ccc(-c2cc(C(=O)NNC(=O)c3ccc4c(c3)NC(=O)CS4)c3ccccc3n2)cc1.